The highest BCUT2D eigenvalue weighted by Gasteiger charge is 2.23. The Kier molecular flexibility index (Phi) is 9.55. The molecular formula is C10H19NO7S2. The predicted molar refractivity (Wildman–Crippen MR) is 73.7 cm³/mol. The summed E-state index contributed by atoms with van der Waals surface area (Å²) in [5.74, 6) is -1.14. The van der Waals surface area contributed by atoms with Crippen LogP contribution in [0.3, 0.4) is 0 Å². The van der Waals surface area contributed by atoms with Gasteiger partial charge < -0.3 is 14.8 Å². The number of esters is 2. The van der Waals surface area contributed by atoms with Gasteiger partial charge in [0.1, 0.15) is 6.04 Å². The lowest BCUT2D eigenvalue weighted by atomic mass is 10.2. The van der Waals surface area contributed by atoms with Crippen molar-refractivity contribution < 1.29 is 32.0 Å². The van der Waals surface area contributed by atoms with Gasteiger partial charge >= 0.3 is 21.1 Å². The van der Waals surface area contributed by atoms with E-state index in [-0.39, 0.29) is 31.9 Å². The first-order chi connectivity index (χ1) is 9.30. The van der Waals surface area contributed by atoms with Crippen LogP contribution >= 0.6 is 10.8 Å². The summed E-state index contributed by atoms with van der Waals surface area (Å²) < 4.78 is 39.1. The molecule has 1 atom stereocenters. The van der Waals surface area contributed by atoms with Gasteiger partial charge in [0.05, 0.1) is 19.6 Å². The lowest BCUT2D eigenvalue weighted by Gasteiger charge is -2.16. The van der Waals surface area contributed by atoms with Crippen LogP contribution in [0.5, 0.6) is 0 Å². The fraction of sp³-hybridized carbons (Fsp3) is 0.800. The Morgan fingerprint density at radius 3 is 2.35 bits per heavy atom. The molecule has 0 aliphatic heterocycles. The summed E-state index contributed by atoms with van der Waals surface area (Å²) >= 11 is 0. The number of hydrogen-bond donors (Lipinski definition) is 2. The van der Waals surface area contributed by atoms with Crippen LogP contribution in [-0.2, 0) is 28.2 Å². The third-order valence-corrected chi connectivity index (χ3v) is 4.03. The van der Waals surface area contributed by atoms with E-state index in [1.165, 1.54) is 0 Å². The van der Waals surface area contributed by atoms with E-state index in [0.29, 0.717) is 10.8 Å². The summed E-state index contributed by atoms with van der Waals surface area (Å²) in [5.41, 5.74) is 0. The van der Waals surface area contributed by atoms with Gasteiger partial charge in [-0.2, -0.15) is 8.42 Å². The minimum absolute atomic E-state index is 0.0254. The first-order valence-corrected chi connectivity index (χ1v) is 8.91. The van der Waals surface area contributed by atoms with Crippen LogP contribution in [0.25, 0.3) is 0 Å². The van der Waals surface area contributed by atoms with Crippen LogP contribution in [0.1, 0.15) is 20.3 Å². The summed E-state index contributed by atoms with van der Waals surface area (Å²) in [6.45, 7) is 3.75. The number of carbonyl (C=O) groups is 2. The second-order valence-electron chi connectivity index (χ2n) is 3.52. The largest absolute Gasteiger partial charge is 0.466 e. The number of rotatable bonds is 10. The van der Waals surface area contributed by atoms with E-state index in [4.69, 9.17) is 14.0 Å². The molecule has 0 saturated carbocycles. The van der Waals surface area contributed by atoms with Gasteiger partial charge in [0.25, 0.3) is 0 Å². The van der Waals surface area contributed by atoms with Crippen molar-refractivity contribution in [3.05, 3.63) is 0 Å². The molecule has 8 nitrogen and oxygen atoms in total. The molecule has 0 aromatic rings. The van der Waals surface area contributed by atoms with E-state index < -0.39 is 27.1 Å². The zero-order valence-corrected chi connectivity index (χ0v) is 13.0. The Hall–Kier alpha value is -0.840. The standard InChI is InChI=1S/C10H19NO7S2/c1-3-17-9(12)7-8(10(13)18-4-2)11-5-6-19-20(14,15)16/h8,11H,3-7H2,1-2H3,(H,14,15,16)/t8-/m0/s1. The topological polar surface area (TPSA) is 119 Å². The highest BCUT2D eigenvalue weighted by atomic mass is 33.1. The zero-order valence-electron chi connectivity index (χ0n) is 11.3. The average molecular weight is 329 g/mol. The maximum Gasteiger partial charge on any atom is 0.323 e. The maximum atomic E-state index is 11.6. The molecule has 0 aromatic carbocycles. The van der Waals surface area contributed by atoms with Crippen LogP contribution in [0, 0.1) is 0 Å². The van der Waals surface area contributed by atoms with Gasteiger partial charge in [-0.1, -0.05) is 0 Å². The molecule has 0 aliphatic rings. The van der Waals surface area contributed by atoms with Crippen molar-refractivity contribution in [2.75, 3.05) is 25.5 Å². The molecule has 118 valence electrons. The molecule has 0 aromatic heterocycles. The Morgan fingerprint density at radius 2 is 1.85 bits per heavy atom. The second kappa shape index (κ2) is 9.97. The minimum Gasteiger partial charge on any atom is -0.466 e. The average Bonchev–Trinajstić information content (AvgIpc) is 2.32. The molecule has 0 amide bonds. The molecule has 0 saturated heterocycles. The van der Waals surface area contributed by atoms with E-state index >= 15 is 0 Å². The third-order valence-electron chi connectivity index (χ3n) is 1.97. The monoisotopic (exact) mass is 329 g/mol. The number of hydrogen-bond acceptors (Lipinski definition) is 8. The van der Waals surface area contributed by atoms with Gasteiger partial charge in [-0.25, -0.2) is 0 Å². The summed E-state index contributed by atoms with van der Waals surface area (Å²) in [6, 6.07) is -0.906. The van der Waals surface area contributed by atoms with Gasteiger partial charge in [0.2, 0.25) is 0 Å². The van der Waals surface area contributed by atoms with Gasteiger partial charge in [-0.15, -0.1) is 0 Å². The highest BCUT2D eigenvalue weighted by molar-refractivity contribution is 8.69. The maximum absolute atomic E-state index is 11.6. The summed E-state index contributed by atoms with van der Waals surface area (Å²) in [4.78, 5) is 23.0. The fourth-order valence-electron chi connectivity index (χ4n) is 1.25. The lowest BCUT2D eigenvalue weighted by molar-refractivity contribution is -0.152. The minimum atomic E-state index is -4.12. The van der Waals surface area contributed by atoms with Crippen LogP contribution in [0.15, 0.2) is 0 Å². The fourth-order valence-corrected chi connectivity index (χ4v) is 2.54. The molecular weight excluding hydrogens is 310 g/mol. The van der Waals surface area contributed by atoms with Crippen LogP contribution < -0.4 is 5.32 Å². The van der Waals surface area contributed by atoms with Gasteiger partial charge in [-0.05, 0) is 24.6 Å². The Labute approximate surface area is 121 Å². The number of ether oxygens (including phenoxy) is 2. The number of carbonyl (C=O) groups excluding carboxylic acids is 2. The van der Waals surface area contributed by atoms with E-state index in [2.05, 4.69) is 5.32 Å². The lowest BCUT2D eigenvalue weighted by Crippen LogP contribution is -2.41. The Morgan fingerprint density at radius 1 is 1.25 bits per heavy atom. The van der Waals surface area contributed by atoms with E-state index in [1.807, 2.05) is 0 Å². The molecule has 0 spiro atoms. The van der Waals surface area contributed by atoms with Crippen molar-refractivity contribution in [3.8, 4) is 0 Å². The van der Waals surface area contributed by atoms with Crippen molar-refractivity contribution in [1.82, 2.24) is 5.32 Å². The summed E-state index contributed by atoms with van der Waals surface area (Å²) in [6.07, 6.45) is -0.205. The van der Waals surface area contributed by atoms with Gasteiger partial charge in [0.15, 0.2) is 0 Å². The highest BCUT2D eigenvalue weighted by Crippen LogP contribution is 2.08. The molecule has 20 heavy (non-hydrogen) atoms. The van der Waals surface area contributed by atoms with Crippen molar-refractivity contribution >= 4 is 31.9 Å². The molecule has 0 aliphatic carbocycles. The molecule has 0 heterocycles. The first-order valence-electron chi connectivity index (χ1n) is 5.97. The van der Waals surface area contributed by atoms with Crippen LogP contribution in [0.4, 0.5) is 0 Å². The summed E-state index contributed by atoms with van der Waals surface area (Å²) in [5, 5.41) is 2.69. The quantitative estimate of drug-likeness (QED) is 0.247. The summed E-state index contributed by atoms with van der Waals surface area (Å²) in [7, 11) is -3.79. The van der Waals surface area contributed by atoms with Crippen LogP contribution in [-0.4, -0.2) is 56.5 Å². The molecule has 0 bridgehead atoms. The molecule has 2 N–H and O–H groups in total. The smallest absolute Gasteiger partial charge is 0.323 e. The van der Waals surface area contributed by atoms with Crippen molar-refractivity contribution in [2.24, 2.45) is 0 Å². The molecule has 0 radical (unpaired) electrons. The van der Waals surface area contributed by atoms with Gasteiger partial charge in [-0.3, -0.25) is 14.1 Å². The third kappa shape index (κ3) is 10.0. The van der Waals surface area contributed by atoms with Crippen molar-refractivity contribution in [3.63, 3.8) is 0 Å². The van der Waals surface area contributed by atoms with E-state index in [1.54, 1.807) is 13.8 Å². The van der Waals surface area contributed by atoms with Gasteiger partial charge in [0, 0.05) is 12.3 Å². The SMILES string of the molecule is CCOC(=O)C[C@H](NCCSS(=O)(=O)O)C(=O)OCC. The van der Waals surface area contributed by atoms with Crippen LogP contribution in [0.2, 0.25) is 0 Å². The zero-order chi connectivity index (χ0) is 15.6. The predicted octanol–water partition coefficient (Wildman–Crippen LogP) is -0.00310. The van der Waals surface area contributed by atoms with E-state index in [0.717, 1.165) is 0 Å². The molecule has 0 unspecified atom stereocenters. The Bertz CT molecular complexity index is 410. The molecule has 10 heteroatoms. The Balaban J connectivity index is 4.31. The van der Waals surface area contributed by atoms with Crippen molar-refractivity contribution in [1.29, 1.82) is 0 Å². The van der Waals surface area contributed by atoms with Crippen molar-refractivity contribution in [2.45, 2.75) is 26.3 Å². The normalized spacial score (nSPS) is 12.8. The second-order valence-corrected chi connectivity index (χ2v) is 6.99. The number of nitrogens with one attached hydrogen (secondary N) is 1. The molecule has 0 fully saturated rings. The van der Waals surface area contributed by atoms with E-state index in [9.17, 15) is 18.0 Å². The first kappa shape index (κ1) is 19.2. The molecule has 0 rings (SSSR count).